The normalized spacial score (nSPS) is 11.4. The molecular formula is C21H23ClN4O4S3. The zero-order valence-electron chi connectivity index (χ0n) is 18.2. The average Bonchev–Trinajstić information content (AvgIpc) is 3.23. The molecule has 8 nitrogen and oxygen atoms in total. The smallest absolute Gasteiger partial charge is 0.264 e. The molecule has 0 atom stereocenters. The summed E-state index contributed by atoms with van der Waals surface area (Å²) in [5.41, 5.74) is 0.263. The van der Waals surface area contributed by atoms with Crippen molar-refractivity contribution in [3.63, 3.8) is 0 Å². The van der Waals surface area contributed by atoms with E-state index in [4.69, 9.17) is 16.3 Å². The number of anilines is 2. The number of halogens is 1. The number of thioether (sulfide) groups is 1. The number of sulfonamides is 1. The Morgan fingerprint density at radius 2 is 1.94 bits per heavy atom. The Morgan fingerprint density at radius 1 is 1.21 bits per heavy atom. The van der Waals surface area contributed by atoms with Gasteiger partial charge in [-0.15, -0.1) is 10.2 Å². The van der Waals surface area contributed by atoms with Crippen LogP contribution in [0, 0.1) is 5.92 Å². The first-order chi connectivity index (χ1) is 15.7. The first-order valence-corrected chi connectivity index (χ1v) is 13.5. The summed E-state index contributed by atoms with van der Waals surface area (Å²) in [5.74, 6) is 1.34. The second-order valence-electron chi connectivity index (χ2n) is 7.29. The molecule has 0 saturated carbocycles. The van der Waals surface area contributed by atoms with Gasteiger partial charge in [-0.1, -0.05) is 54.6 Å². The van der Waals surface area contributed by atoms with E-state index in [1.165, 1.54) is 36.6 Å². The summed E-state index contributed by atoms with van der Waals surface area (Å²) in [6.45, 7) is 3.73. The number of nitrogens with one attached hydrogen (secondary N) is 1. The fraction of sp³-hybridized carbons (Fsp3) is 0.286. The van der Waals surface area contributed by atoms with E-state index in [9.17, 15) is 13.2 Å². The van der Waals surface area contributed by atoms with Crippen LogP contribution in [0.1, 0.15) is 13.8 Å². The highest BCUT2D eigenvalue weighted by Crippen LogP contribution is 2.29. The van der Waals surface area contributed by atoms with Gasteiger partial charge in [-0.2, -0.15) is 0 Å². The number of hydrogen-bond donors (Lipinski definition) is 1. The highest BCUT2D eigenvalue weighted by atomic mass is 35.5. The molecule has 1 N–H and O–H groups in total. The number of aromatic nitrogens is 2. The van der Waals surface area contributed by atoms with Crippen molar-refractivity contribution in [2.75, 3.05) is 29.0 Å². The number of methoxy groups -OCH3 is 1. The van der Waals surface area contributed by atoms with Gasteiger partial charge in [0.05, 0.1) is 17.7 Å². The lowest BCUT2D eigenvalue weighted by Gasteiger charge is -2.24. The van der Waals surface area contributed by atoms with Crippen LogP contribution in [0.5, 0.6) is 5.75 Å². The van der Waals surface area contributed by atoms with Gasteiger partial charge in [-0.05, 0) is 48.4 Å². The van der Waals surface area contributed by atoms with Crippen LogP contribution >= 0.6 is 34.7 Å². The molecule has 1 aromatic heterocycles. The number of rotatable bonds is 10. The molecule has 0 aliphatic carbocycles. The molecule has 3 rings (SSSR count). The minimum Gasteiger partial charge on any atom is -0.497 e. The van der Waals surface area contributed by atoms with Crippen molar-refractivity contribution in [3.05, 3.63) is 53.6 Å². The van der Waals surface area contributed by atoms with E-state index in [1.54, 1.807) is 42.1 Å². The van der Waals surface area contributed by atoms with Gasteiger partial charge >= 0.3 is 0 Å². The molecule has 0 spiro atoms. The third-order valence-corrected chi connectivity index (χ3v) is 8.65. The molecule has 0 unspecified atom stereocenters. The lowest BCUT2D eigenvalue weighted by molar-refractivity contribution is -0.114. The van der Waals surface area contributed by atoms with Crippen LogP contribution in [0.2, 0.25) is 5.02 Å². The van der Waals surface area contributed by atoms with Gasteiger partial charge in [0.25, 0.3) is 10.0 Å². The van der Waals surface area contributed by atoms with Gasteiger partial charge in [0, 0.05) is 10.8 Å². The second-order valence-corrected chi connectivity index (χ2v) is 11.8. The predicted molar refractivity (Wildman–Crippen MR) is 133 cm³/mol. The first-order valence-electron chi connectivity index (χ1n) is 9.87. The molecule has 176 valence electrons. The van der Waals surface area contributed by atoms with Crippen molar-refractivity contribution in [2.24, 2.45) is 5.92 Å². The Labute approximate surface area is 206 Å². The highest BCUT2D eigenvalue weighted by molar-refractivity contribution is 8.01. The average molecular weight is 527 g/mol. The third-order valence-electron chi connectivity index (χ3n) is 4.22. The highest BCUT2D eigenvalue weighted by Gasteiger charge is 2.28. The maximum absolute atomic E-state index is 13.4. The van der Waals surface area contributed by atoms with Crippen molar-refractivity contribution in [3.8, 4) is 5.75 Å². The molecule has 0 aliphatic rings. The van der Waals surface area contributed by atoms with E-state index in [-0.39, 0.29) is 10.6 Å². The number of carbonyl (C=O) groups is 1. The minimum atomic E-state index is -4.07. The van der Waals surface area contributed by atoms with Crippen molar-refractivity contribution < 1.29 is 17.9 Å². The molecule has 0 aliphatic heterocycles. The zero-order valence-corrected chi connectivity index (χ0v) is 21.4. The maximum Gasteiger partial charge on any atom is 0.264 e. The summed E-state index contributed by atoms with van der Waals surface area (Å²) >= 11 is 8.89. The van der Waals surface area contributed by atoms with Crippen LogP contribution in [0.25, 0.3) is 0 Å². The van der Waals surface area contributed by atoms with Crippen molar-refractivity contribution in [1.29, 1.82) is 0 Å². The quantitative estimate of drug-likeness (QED) is 0.299. The number of hydrogen-bond acceptors (Lipinski definition) is 8. The maximum atomic E-state index is 13.4. The fourth-order valence-electron chi connectivity index (χ4n) is 2.67. The Kier molecular flexibility index (Phi) is 8.57. The van der Waals surface area contributed by atoms with Crippen molar-refractivity contribution >= 4 is 61.4 Å². The van der Waals surface area contributed by atoms with E-state index in [1.807, 2.05) is 0 Å². The first kappa shape index (κ1) is 25.3. The molecule has 0 fully saturated rings. The van der Waals surface area contributed by atoms with E-state index < -0.39 is 22.5 Å². The zero-order chi connectivity index (χ0) is 24.0. The molecule has 0 radical (unpaired) electrons. The van der Waals surface area contributed by atoms with Crippen LogP contribution in [0.3, 0.4) is 0 Å². The van der Waals surface area contributed by atoms with Gasteiger partial charge in [-0.3, -0.25) is 14.4 Å². The fourth-order valence-corrected chi connectivity index (χ4v) is 6.01. The van der Waals surface area contributed by atoms with Crippen molar-refractivity contribution in [2.45, 2.75) is 23.1 Å². The Morgan fingerprint density at radius 3 is 2.58 bits per heavy atom. The number of carbonyl (C=O) groups excluding carboxylic acids is 1. The third kappa shape index (κ3) is 6.83. The molecule has 0 bridgehead atoms. The Hall–Kier alpha value is -2.34. The summed E-state index contributed by atoms with van der Waals surface area (Å²) < 4.78 is 33.7. The van der Waals surface area contributed by atoms with Crippen LogP contribution in [-0.4, -0.2) is 43.9 Å². The topological polar surface area (TPSA) is 101 Å². The predicted octanol–water partition coefficient (Wildman–Crippen LogP) is 4.78. The lowest BCUT2D eigenvalue weighted by atomic mass is 10.3. The van der Waals surface area contributed by atoms with Gasteiger partial charge in [0.15, 0.2) is 4.34 Å². The van der Waals surface area contributed by atoms with Crippen LogP contribution < -0.4 is 14.4 Å². The summed E-state index contributed by atoms with van der Waals surface area (Å²) in [4.78, 5) is 12.8. The molecule has 1 amide bonds. The van der Waals surface area contributed by atoms with Gasteiger partial charge < -0.3 is 4.74 Å². The summed E-state index contributed by atoms with van der Waals surface area (Å²) in [6, 6.07) is 12.2. The Balaban J connectivity index is 1.83. The van der Waals surface area contributed by atoms with Crippen LogP contribution in [0.4, 0.5) is 10.8 Å². The number of ether oxygens (including phenoxy) is 1. The molecule has 12 heteroatoms. The summed E-state index contributed by atoms with van der Waals surface area (Å²) in [6.07, 6.45) is 0. The van der Waals surface area contributed by atoms with Gasteiger partial charge in [0.1, 0.15) is 12.3 Å². The standard InChI is InChI=1S/C21H23ClN4O4S3/c1-14(2)13-31-21-25-24-20(32-21)23-19(27)12-26(16-6-4-5-15(22)11-16)33(28,29)18-9-7-17(30-3)8-10-18/h4-11,14H,12-13H2,1-3H3,(H,23,24,27). The molecular weight excluding hydrogens is 504 g/mol. The summed E-state index contributed by atoms with van der Waals surface area (Å²) in [7, 11) is -2.58. The molecule has 0 saturated heterocycles. The van der Waals surface area contributed by atoms with E-state index in [0.29, 0.717) is 21.8 Å². The van der Waals surface area contributed by atoms with Crippen molar-refractivity contribution in [1.82, 2.24) is 10.2 Å². The van der Waals surface area contributed by atoms with E-state index in [0.717, 1.165) is 14.4 Å². The molecule has 2 aromatic carbocycles. The lowest BCUT2D eigenvalue weighted by Crippen LogP contribution is -2.38. The monoisotopic (exact) mass is 526 g/mol. The largest absolute Gasteiger partial charge is 0.497 e. The number of amides is 1. The van der Waals surface area contributed by atoms with E-state index in [2.05, 4.69) is 29.4 Å². The number of benzene rings is 2. The molecule has 3 aromatic rings. The summed E-state index contributed by atoms with van der Waals surface area (Å²) in [5, 5.41) is 11.3. The Bertz CT molecular complexity index is 1200. The van der Waals surface area contributed by atoms with Gasteiger partial charge in [-0.25, -0.2) is 8.42 Å². The SMILES string of the molecule is COc1ccc(S(=O)(=O)N(CC(=O)Nc2nnc(SCC(C)C)s2)c2cccc(Cl)c2)cc1. The van der Waals surface area contributed by atoms with Crippen LogP contribution in [0.15, 0.2) is 57.8 Å². The van der Waals surface area contributed by atoms with E-state index >= 15 is 0 Å². The second kappa shape index (κ2) is 11.2. The van der Waals surface area contributed by atoms with Crippen LogP contribution in [-0.2, 0) is 14.8 Å². The minimum absolute atomic E-state index is 0.0133. The molecule has 33 heavy (non-hydrogen) atoms. The van der Waals surface area contributed by atoms with Gasteiger partial charge in [0.2, 0.25) is 11.0 Å². The number of nitrogens with zero attached hydrogens (tertiary/aromatic N) is 3. The molecule has 1 heterocycles.